The van der Waals surface area contributed by atoms with Crippen molar-refractivity contribution in [2.45, 2.75) is 76.5 Å². The molecule has 3 rings (SSSR count). The first-order valence-corrected chi connectivity index (χ1v) is 14.6. The number of aryl methyl sites for hydroxylation is 1. The Morgan fingerprint density at radius 2 is 1.90 bits per heavy atom. The van der Waals surface area contributed by atoms with E-state index in [2.05, 4.69) is 15.0 Å². The third-order valence-electron chi connectivity index (χ3n) is 7.31. The van der Waals surface area contributed by atoms with Crippen molar-refractivity contribution >= 4 is 15.7 Å². The molecule has 41 heavy (non-hydrogen) atoms. The number of alkyl halides is 5. The molecule has 0 atom stereocenters. The van der Waals surface area contributed by atoms with Crippen molar-refractivity contribution in [3.63, 3.8) is 0 Å². The van der Waals surface area contributed by atoms with Crippen LogP contribution in [0.1, 0.15) is 67.1 Å². The van der Waals surface area contributed by atoms with Crippen molar-refractivity contribution < 1.29 is 45.0 Å². The Hall–Kier alpha value is -3.25. The lowest BCUT2D eigenvalue weighted by atomic mass is 9.84. The van der Waals surface area contributed by atoms with E-state index in [1.54, 1.807) is 6.07 Å². The van der Waals surface area contributed by atoms with Crippen LogP contribution in [0.15, 0.2) is 18.2 Å². The summed E-state index contributed by atoms with van der Waals surface area (Å²) in [4.78, 5) is 17.1. The molecule has 1 aliphatic rings. The molecule has 1 saturated carbocycles. The number of nitrogens with one attached hydrogen (secondary N) is 1. The summed E-state index contributed by atoms with van der Waals surface area (Å²) >= 11 is 0. The molecule has 1 amide bonds. The fourth-order valence-corrected chi connectivity index (χ4v) is 5.90. The lowest BCUT2D eigenvalue weighted by Crippen LogP contribution is -2.47. The van der Waals surface area contributed by atoms with Crippen LogP contribution in [-0.2, 0) is 16.3 Å². The quantitative estimate of drug-likeness (QED) is 0.408. The summed E-state index contributed by atoms with van der Waals surface area (Å²) in [6.45, 7) is -0.245. The monoisotopic (exact) mass is 606 g/mol. The van der Waals surface area contributed by atoms with Gasteiger partial charge in [0.2, 0.25) is 0 Å². The average molecular weight is 607 g/mol. The fourth-order valence-electron chi connectivity index (χ4n) is 4.80. The molecule has 2 N–H and O–H groups in total. The molecule has 226 valence electrons. The van der Waals surface area contributed by atoms with Gasteiger partial charge in [0.05, 0.1) is 22.0 Å². The van der Waals surface area contributed by atoms with E-state index in [0.717, 1.165) is 30.7 Å². The summed E-state index contributed by atoms with van der Waals surface area (Å²) in [7, 11) is -3.27. The highest BCUT2D eigenvalue weighted by Crippen LogP contribution is 2.41. The van der Waals surface area contributed by atoms with Gasteiger partial charge in [0.1, 0.15) is 27.5 Å². The van der Waals surface area contributed by atoms with E-state index in [9.17, 15) is 45.5 Å². The normalized spacial score (nSPS) is 20.1. The molecular formula is C26H31F5N4O5S. The number of aliphatic hydroxyl groups is 1. The van der Waals surface area contributed by atoms with Gasteiger partial charge in [0.25, 0.3) is 5.91 Å². The highest BCUT2D eigenvalue weighted by atomic mass is 32.2. The van der Waals surface area contributed by atoms with Crippen LogP contribution in [0.3, 0.4) is 0 Å². The molecular weight excluding hydrogens is 575 g/mol. The smallest absolute Gasteiger partial charge is 0.394 e. The number of sulfone groups is 1. The molecule has 1 aromatic heterocycles. The number of aromatic nitrogens is 2. The standard InChI is InChI=1S/C26H31F5N4O5S/c1-15-34-21(22(36)33-14-25(37)9-7-17(8-10-25)41(4,38)39)19(13-32)35(15)18-6-5-16(11-20(18)40-23(27)28)12-24(2,3)26(29,30)31/h5-6,11,17,23,37H,7-10,12,14H2,1-4H3,(H,33,36)/t17-,25+. The number of rotatable bonds is 9. The van der Waals surface area contributed by atoms with Gasteiger partial charge in [-0.2, -0.15) is 27.2 Å². The summed E-state index contributed by atoms with van der Waals surface area (Å²) < 4.78 is 96.0. The number of carbonyl (C=O) groups excluding carboxylic acids is 1. The Balaban J connectivity index is 1.90. The summed E-state index contributed by atoms with van der Waals surface area (Å²) in [5.74, 6) is -1.33. The zero-order chi connectivity index (χ0) is 31.0. The maximum absolute atomic E-state index is 13.4. The van der Waals surface area contributed by atoms with Gasteiger partial charge in [-0.05, 0) is 56.7 Å². The summed E-state index contributed by atoms with van der Waals surface area (Å²) in [6, 6.07) is 5.32. The number of ether oxygens (including phenoxy) is 1. The maximum atomic E-state index is 13.4. The SMILES string of the molecule is Cc1nc(C(=O)NC[C@]2(O)CC[C@@H](S(C)(=O)=O)CC2)c(C#N)n1-c1ccc(CC(C)(C)C(F)(F)F)cc1OC(F)F. The maximum Gasteiger partial charge on any atom is 0.394 e. The molecule has 0 spiro atoms. The molecule has 0 saturated heterocycles. The number of nitrogens with zero attached hydrogens (tertiary/aromatic N) is 3. The first-order chi connectivity index (χ1) is 18.8. The van der Waals surface area contributed by atoms with E-state index in [0.29, 0.717) is 0 Å². The Morgan fingerprint density at radius 3 is 2.41 bits per heavy atom. The molecule has 15 heteroatoms. The second kappa shape index (κ2) is 11.6. The lowest BCUT2D eigenvalue weighted by molar-refractivity contribution is -0.211. The van der Waals surface area contributed by atoms with E-state index in [-0.39, 0.29) is 60.7 Å². The number of benzene rings is 1. The number of halogens is 5. The molecule has 1 aromatic carbocycles. The van der Waals surface area contributed by atoms with Crippen molar-refractivity contribution in [3.8, 4) is 17.5 Å². The number of hydrogen-bond donors (Lipinski definition) is 2. The van der Waals surface area contributed by atoms with Crippen molar-refractivity contribution in [3.05, 3.63) is 41.0 Å². The molecule has 0 bridgehead atoms. The minimum absolute atomic E-state index is 0.0292. The Labute approximate surface area is 234 Å². The van der Waals surface area contributed by atoms with Gasteiger partial charge in [-0.3, -0.25) is 9.36 Å². The Bertz CT molecular complexity index is 1440. The van der Waals surface area contributed by atoms with Crippen LogP contribution >= 0.6 is 0 Å². The number of imidazole rings is 1. The van der Waals surface area contributed by atoms with Crippen molar-refractivity contribution in [2.24, 2.45) is 5.41 Å². The van der Waals surface area contributed by atoms with E-state index in [1.165, 1.54) is 19.1 Å². The summed E-state index contributed by atoms with van der Waals surface area (Å²) in [5, 5.41) is 22.6. The van der Waals surface area contributed by atoms with Gasteiger partial charge in [0, 0.05) is 12.8 Å². The second-order valence-corrected chi connectivity index (χ2v) is 13.3. The molecule has 0 aliphatic heterocycles. The predicted molar refractivity (Wildman–Crippen MR) is 138 cm³/mol. The molecule has 0 radical (unpaired) electrons. The van der Waals surface area contributed by atoms with Gasteiger partial charge in [-0.25, -0.2) is 13.4 Å². The minimum atomic E-state index is -4.56. The van der Waals surface area contributed by atoms with Crippen LogP contribution in [0.5, 0.6) is 5.75 Å². The average Bonchev–Trinajstić information content (AvgIpc) is 3.17. The van der Waals surface area contributed by atoms with Crippen LogP contribution in [0.4, 0.5) is 22.0 Å². The van der Waals surface area contributed by atoms with Crippen molar-refractivity contribution in [1.29, 1.82) is 5.26 Å². The predicted octanol–water partition coefficient (Wildman–Crippen LogP) is 4.23. The largest absolute Gasteiger partial charge is 0.433 e. The highest BCUT2D eigenvalue weighted by molar-refractivity contribution is 7.91. The van der Waals surface area contributed by atoms with Crippen molar-refractivity contribution in [1.82, 2.24) is 14.9 Å². The van der Waals surface area contributed by atoms with Crippen LogP contribution in [-0.4, -0.2) is 65.4 Å². The molecule has 9 nitrogen and oxygen atoms in total. The van der Waals surface area contributed by atoms with Crippen LogP contribution < -0.4 is 10.1 Å². The van der Waals surface area contributed by atoms with E-state index < -0.39 is 57.0 Å². The number of carbonyl (C=O) groups is 1. The van der Waals surface area contributed by atoms with E-state index in [1.807, 2.05) is 0 Å². The van der Waals surface area contributed by atoms with E-state index >= 15 is 0 Å². The van der Waals surface area contributed by atoms with Gasteiger partial charge in [0.15, 0.2) is 11.4 Å². The summed E-state index contributed by atoms with van der Waals surface area (Å²) in [5.41, 5.74) is -4.35. The lowest BCUT2D eigenvalue weighted by Gasteiger charge is -2.35. The van der Waals surface area contributed by atoms with Gasteiger partial charge < -0.3 is 15.2 Å². The van der Waals surface area contributed by atoms with Crippen molar-refractivity contribution in [2.75, 3.05) is 12.8 Å². The van der Waals surface area contributed by atoms with Gasteiger partial charge in [-0.1, -0.05) is 19.9 Å². The first kappa shape index (κ1) is 32.3. The topological polar surface area (TPSA) is 134 Å². The number of nitriles is 1. The van der Waals surface area contributed by atoms with Crippen LogP contribution in [0, 0.1) is 23.7 Å². The molecule has 1 aliphatic carbocycles. The minimum Gasteiger partial charge on any atom is -0.433 e. The van der Waals surface area contributed by atoms with E-state index in [4.69, 9.17) is 0 Å². The highest BCUT2D eigenvalue weighted by Gasteiger charge is 2.47. The second-order valence-electron chi connectivity index (χ2n) is 11.0. The molecule has 1 fully saturated rings. The zero-order valence-electron chi connectivity index (χ0n) is 22.8. The third kappa shape index (κ3) is 7.34. The van der Waals surface area contributed by atoms with Crippen LogP contribution in [0.2, 0.25) is 0 Å². The van der Waals surface area contributed by atoms with Crippen LogP contribution in [0.25, 0.3) is 5.69 Å². The zero-order valence-corrected chi connectivity index (χ0v) is 23.7. The first-order valence-electron chi connectivity index (χ1n) is 12.6. The number of hydrogen-bond acceptors (Lipinski definition) is 7. The summed E-state index contributed by atoms with van der Waals surface area (Å²) in [6.07, 6.45) is -3.30. The third-order valence-corrected chi connectivity index (χ3v) is 8.99. The Kier molecular flexibility index (Phi) is 9.10. The van der Waals surface area contributed by atoms with Gasteiger partial charge >= 0.3 is 12.8 Å². The molecule has 2 aromatic rings. The Morgan fingerprint density at radius 1 is 1.29 bits per heavy atom. The van der Waals surface area contributed by atoms with Gasteiger partial charge in [-0.15, -0.1) is 0 Å². The molecule has 1 heterocycles. The fraction of sp³-hybridized carbons (Fsp3) is 0.577. The molecule has 0 unspecified atom stereocenters. The number of amides is 1.